The van der Waals surface area contributed by atoms with Gasteiger partial charge >= 0.3 is 11.2 Å². The fourth-order valence-corrected chi connectivity index (χ4v) is 5.76. The molecule has 4 rings (SSSR count). The Hall–Kier alpha value is -0.480. The van der Waals surface area contributed by atoms with E-state index in [0.717, 1.165) is 19.3 Å². The topological polar surface area (TPSA) is 85.2 Å². The Bertz CT molecular complexity index is 501. The molecule has 0 aromatic carbocycles. The van der Waals surface area contributed by atoms with Crippen molar-refractivity contribution in [3.8, 4) is 0 Å². The van der Waals surface area contributed by atoms with Crippen LogP contribution in [0.5, 0.6) is 0 Å². The zero-order valence-corrected chi connectivity index (χ0v) is 14.9. The van der Waals surface area contributed by atoms with Crippen molar-refractivity contribution in [1.82, 2.24) is 0 Å². The molecule has 144 valence electrons. The minimum absolute atomic E-state index is 0.0345. The maximum Gasteiger partial charge on any atom is 0.354 e. The summed E-state index contributed by atoms with van der Waals surface area (Å²) in [4.78, 5) is 12.6. The van der Waals surface area contributed by atoms with E-state index >= 15 is 0 Å². The Morgan fingerprint density at radius 2 is 1.92 bits per heavy atom. The minimum atomic E-state index is -3.52. The van der Waals surface area contributed by atoms with Gasteiger partial charge in [0.2, 0.25) is 0 Å². The van der Waals surface area contributed by atoms with Crippen LogP contribution in [0.3, 0.4) is 0 Å². The lowest BCUT2D eigenvalue weighted by molar-refractivity contribution is -0.433. The molecule has 0 heterocycles. The van der Waals surface area contributed by atoms with Crippen LogP contribution in [0.4, 0.5) is 8.78 Å². The second-order valence-corrected chi connectivity index (χ2v) is 8.70. The molecule has 0 saturated heterocycles. The van der Waals surface area contributed by atoms with Crippen molar-refractivity contribution in [3.05, 3.63) is 0 Å². The van der Waals surface area contributed by atoms with Crippen LogP contribution in [-0.2, 0) is 18.9 Å². The third kappa shape index (κ3) is 3.53. The Kier molecular flexibility index (Phi) is 5.34. The summed E-state index contributed by atoms with van der Waals surface area (Å²) in [6.07, 6.45) is 5.05. The van der Waals surface area contributed by atoms with Crippen molar-refractivity contribution < 1.29 is 38.0 Å². The molecule has 9 heteroatoms. The number of ether oxygens (including phenoxy) is 1. The van der Waals surface area contributed by atoms with Crippen LogP contribution in [0.2, 0.25) is 0 Å². The molecule has 4 aliphatic carbocycles. The third-order valence-electron chi connectivity index (χ3n) is 6.24. The number of esters is 1. The number of alkyl halides is 2. The molecule has 2 atom stereocenters. The molecule has 2 unspecified atom stereocenters. The molecule has 0 spiro atoms. The van der Waals surface area contributed by atoms with Crippen LogP contribution >= 0.6 is 12.0 Å². The molecule has 0 amide bonds. The van der Waals surface area contributed by atoms with Crippen molar-refractivity contribution in [1.29, 1.82) is 0 Å². The summed E-state index contributed by atoms with van der Waals surface area (Å²) in [7, 11) is 0. The Labute approximate surface area is 149 Å². The van der Waals surface area contributed by atoms with E-state index < -0.39 is 40.9 Å². The lowest BCUT2D eigenvalue weighted by atomic mass is 9.44. The normalized spacial score (nSPS) is 39.6. The highest BCUT2D eigenvalue weighted by Gasteiger charge is 2.64. The van der Waals surface area contributed by atoms with Gasteiger partial charge in [0.05, 0.1) is 11.0 Å². The molecule has 2 N–H and O–H groups in total. The smallest absolute Gasteiger partial charge is 0.354 e. The average Bonchev–Trinajstić information content (AvgIpc) is 2.56. The van der Waals surface area contributed by atoms with Crippen molar-refractivity contribution in [2.45, 2.75) is 62.7 Å². The number of carbonyl (C=O) groups is 1. The van der Waals surface area contributed by atoms with E-state index in [9.17, 15) is 18.7 Å². The van der Waals surface area contributed by atoms with E-state index in [-0.39, 0.29) is 11.8 Å². The summed E-state index contributed by atoms with van der Waals surface area (Å²) < 4.78 is 35.6. The van der Waals surface area contributed by atoms with Crippen molar-refractivity contribution in [3.63, 3.8) is 0 Å². The second-order valence-electron chi connectivity index (χ2n) is 7.80. The van der Waals surface area contributed by atoms with Gasteiger partial charge in [0.1, 0.15) is 12.0 Å². The molecule has 0 radical (unpaired) electrons. The highest BCUT2D eigenvalue weighted by atomic mass is 32.2. The van der Waals surface area contributed by atoms with Gasteiger partial charge in [-0.3, -0.25) is 4.79 Å². The Morgan fingerprint density at radius 3 is 2.48 bits per heavy atom. The van der Waals surface area contributed by atoms with E-state index in [1.54, 1.807) is 0 Å². The van der Waals surface area contributed by atoms with Gasteiger partial charge in [0.15, 0.2) is 6.61 Å². The van der Waals surface area contributed by atoms with E-state index in [4.69, 9.17) is 9.99 Å². The highest BCUT2D eigenvalue weighted by Crippen LogP contribution is 2.64. The summed E-state index contributed by atoms with van der Waals surface area (Å²) in [5.74, 6) is -0.196. The van der Waals surface area contributed by atoms with Crippen molar-refractivity contribution in [2.75, 3.05) is 6.61 Å². The first-order valence-corrected chi connectivity index (χ1v) is 9.42. The van der Waals surface area contributed by atoms with Crippen molar-refractivity contribution >= 4 is 18.0 Å². The van der Waals surface area contributed by atoms with Gasteiger partial charge in [0.25, 0.3) is 0 Å². The lowest BCUT2D eigenvalue weighted by Crippen LogP contribution is -2.63. The number of rotatable bonds is 8. The SMILES string of the molecule is CCCC1(O)C2CC3CC1CC(C(=O)OCC(F)(F)SOOO)(C3)C2. The zero-order valence-electron chi connectivity index (χ0n) is 14.1. The molecule has 4 saturated carbocycles. The zero-order chi connectivity index (χ0) is 18.3. The molecule has 4 bridgehead atoms. The van der Waals surface area contributed by atoms with Gasteiger partial charge in [-0.15, -0.1) is 4.33 Å². The predicted octanol–water partition coefficient (Wildman–Crippen LogP) is 3.55. The summed E-state index contributed by atoms with van der Waals surface area (Å²) in [6, 6.07) is 0. The molecular formula is C16H24F2O6S. The van der Waals surface area contributed by atoms with E-state index in [0.29, 0.717) is 31.6 Å². The van der Waals surface area contributed by atoms with Gasteiger partial charge in [-0.2, -0.15) is 8.78 Å². The van der Waals surface area contributed by atoms with Gasteiger partial charge in [-0.25, -0.2) is 5.26 Å². The molecule has 4 fully saturated rings. The molecule has 0 aliphatic heterocycles. The van der Waals surface area contributed by atoms with E-state index in [1.165, 1.54) is 0 Å². The fourth-order valence-electron chi connectivity index (χ4n) is 5.53. The summed E-state index contributed by atoms with van der Waals surface area (Å²) in [6.45, 7) is 0.881. The number of hydrogen-bond acceptors (Lipinski definition) is 7. The monoisotopic (exact) mass is 382 g/mol. The Balaban J connectivity index is 1.66. The number of carbonyl (C=O) groups excluding carboxylic acids is 1. The maximum absolute atomic E-state index is 13.5. The van der Waals surface area contributed by atoms with E-state index in [1.807, 2.05) is 6.92 Å². The van der Waals surface area contributed by atoms with Crippen LogP contribution in [0.15, 0.2) is 0 Å². The van der Waals surface area contributed by atoms with Crippen LogP contribution in [0, 0.1) is 23.2 Å². The fraction of sp³-hybridized carbons (Fsp3) is 0.938. The minimum Gasteiger partial charge on any atom is -0.458 e. The molecule has 0 aromatic heterocycles. The molecule has 4 aliphatic rings. The molecule has 6 nitrogen and oxygen atoms in total. The largest absolute Gasteiger partial charge is 0.458 e. The van der Waals surface area contributed by atoms with Gasteiger partial charge < -0.3 is 9.84 Å². The second kappa shape index (κ2) is 6.92. The number of aliphatic hydroxyl groups is 1. The quantitative estimate of drug-likeness (QED) is 0.287. The first kappa shape index (κ1) is 19.3. The molecule has 0 aromatic rings. The highest BCUT2D eigenvalue weighted by molar-refractivity contribution is 7.95. The van der Waals surface area contributed by atoms with Gasteiger partial charge in [-0.1, -0.05) is 18.4 Å². The number of hydrogen-bond donors (Lipinski definition) is 2. The standard InChI is InChI=1S/C16H24F2O6S/c1-2-3-15(20)11-4-10-5-12(15)8-14(6-10,7-11)13(19)22-9-16(17,18)25-24-23-21/h10-12,20-21H,2-9H2,1H3. The number of halogens is 2. The first-order chi connectivity index (χ1) is 11.7. The van der Waals surface area contributed by atoms with Crippen LogP contribution in [-0.4, -0.2) is 33.8 Å². The van der Waals surface area contributed by atoms with Gasteiger partial charge in [-0.05, 0) is 56.3 Å². The molecule has 25 heavy (non-hydrogen) atoms. The van der Waals surface area contributed by atoms with Crippen LogP contribution < -0.4 is 0 Å². The van der Waals surface area contributed by atoms with Crippen LogP contribution in [0.1, 0.15) is 51.9 Å². The third-order valence-corrected chi connectivity index (χ3v) is 6.74. The average molecular weight is 382 g/mol. The summed E-state index contributed by atoms with van der Waals surface area (Å²) >= 11 is -0.419. The molecular weight excluding hydrogens is 358 g/mol. The van der Waals surface area contributed by atoms with Crippen molar-refractivity contribution in [2.24, 2.45) is 23.2 Å². The maximum atomic E-state index is 13.5. The summed E-state index contributed by atoms with van der Waals surface area (Å²) in [5, 5.41) is 18.7. The lowest BCUT2D eigenvalue weighted by Gasteiger charge is -2.62. The van der Waals surface area contributed by atoms with Crippen LogP contribution in [0.25, 0.3) is 0 Å². The van der Waals surface area contributed by atoms with E-state index in [2.05, 4.69) is 9.37 Å². The summed E-state index contributed by atoms with van der Waals surface area (Å²) in [5.41, 5.74) is -1.49. The predicted molar refractivity (Wildman–Crippen MR) is 84.1 cm³/mol. The first-order valence-electron chi connectivity index (χ1n) is 8.68. The Morgan fingerprint density at radius 1 is 1.28 bits per heavy atom. The van der Waals surface area contributed by atoms with Gasteiger partial charge in [0, 0.05) is 0 Å².